The summed E-state index contributed by atoms with van der Waals surface area (Å²) in [6.07, 6.45) is 3.50. The minimum absolute atomic E-state index is 0.137. The zero-order valence-electron chi connectivity index (χ0n) is 12.6. The van der Waals surface area contributed by atoms with Crippen molar-refractivity contribution in [3.63, 3.8) is 0 Å². The van der Waals surface area contributed by atoms with Crippen LogP contribution in [0.4, 0.5) is 4.39 Å². The van der Waals surface area contributed by atoms with Gasteiger partial charge in [-0.05, 0) is 49.8 Å². The molecule has 0 bridgehead atoms. The molecule has 1 amide bonds. The molecule has 5 heteroatoms. The van der Waals surface area contributed by atoms with Gasteiger partial charge in [0.15, 0.2) is 0 Å². The van der Waals surface area contributed by atoms with E-state index in [4.69, 9.17) is 4.74 Å². The average Bonchev–Trinajstić information content (AvgIpc) is 2.51. The van der Waals surface area contributed by atoms with E-state index in [1.54, 1.807) is 12.1 Å². The number of carbonyl (C=O) groups excluding carboxylic acids is 1. The van der Waals surface area contributed by atoms with E-state index in [1.165, 1.54) is 12.1 Å². The first-order chi connectivity index (χ1) is 10.5. The predicted molar refractivity (Wildman–Crippen MR) is 79.9 cm³/mol. The summed E-state index contributed by atoms with van der Waals surface area (Å²) in [7, 11) is 0. The van der Waals surface area contributed by atoms with Crippen molar-refractivity contribution >= 4 is 5.91 Å². The average molecular weight is 307 g/mol. The van der Waals surface area contributed by atoms with Crippen molar-refractivity contribution in [1.29, 1.82) is 0 Å². The van der Waals surface area contributed by atoms with Crippen molar-refractivity contribution in [2.75, 3.05) is 19.8 Å². The molecule has 120 valence electrons. The Bertz CT molecular complexity index is 551. The lowest BCUT2D eigenvalue weighted by Crippen LogP contribution is -2.54. The second-order valence-corrected chi connectivity index (χ2v) is 6.47. The van der Waals surface area contributed by atoms with Gasteiger partial charge < -0.3 is 15.2 Å². The SMILES string of the molecule is O=C(NCC1(O)CCC1)C1(c2cccc(F)c2)CCOCC1. The number of carbonyl (C=O) groups is 1. The number of rotatable bonds is 4. The first kappa shape index (κ1) is 15.4. The minimum Gasteiger partial charge on any atom is -0.388 e. The van der Waals surface area contributed by atoms with Gasteiger partial charge in [0.1, 0.15) is 5.82 Å². The van der Waals surface area contributed by atoms with Crippen LogP contribution in [0.2, 0.25) is 0 Å². The molecule has 1 aliphatic carbocycles. The Labute approximate surface area is 129 Å². The Balaban J connectivity index is 1.80. The molecule has 22 heavy (non-hydrogen) atoms. The number of aliphatic hydroxyl groups is 1. The molecule has 1 aromatic carbocycles. The minimum atomic E-state index is -0.763. The quantitative estimate of drug-likeness (QED) is 0.893. The van der Waals surface area contributed by atoms with Gasteiger partial charge in [0.2, 0.25) is 5.91 Å². The van der Waals surface area contributed by atoms with Crippen molar-refractivity contribution in [2.24, 2.45) is 0 Å². The fraction of sp³-hybridized carbons (Fsp3) is 0.588. The first-order valence-corrected chi connectivity index (χ1v) is 7.89. The molecule has 1 saturated heterocycles. The molecule has 0 aromatic heterocycles. The van der Waals surface area contributed by atoms with Gasteiger partial charge in [-0.1, -0.05) is 12.1 Å². The molecule has 1 saturated carbocycles. The highest BCUT2D eigenvalue weighted by Gasteiger charge is 2.43. The van der Waals surface area contributed by atoms with Gasteiger partial charge in [-0.25, -0.2) is 4.39 Å². The summed E-state index contributed by atoms with van der Waals surface area (Å²) in [5.41, 5.74) is -0.835. The summed E-state index contributed by atoms with van der Waals surface area (Å²) in [5.74, 6) is -0.476. The normalized spacial score (nSPS) is 22.6. The highest BCUT2D eigenvalue weighted by molar-refractivity contribution is 5.88. The van der Waals surface area contributed by atoms with Crippen molar-refractivity contribution in [2.45, 2.75) is 43.1 Å². The third kappa shape index (κ3) is 2.88. The molecule has 0 spiro atoms. The lowest BCUT2D eigenvalue weighted by molar-refractivity contribution is -0.132. The van der Waals surface area contributed by atoms with Crippen molar-refractivity contribution in [3.8, 4) is 0 Å². The topological polar surface area (TPSA) is 58.6 Å². The molecule has 1 aliphatic heterocycles. The van der Waals surface area contributed by atoms with E-state index in [1.807, 2.05) is 0 Å². The zero-order valence-corrected chi connectivity index (χ0v) is 12.6. The molecule has 1 aromatic rings. The van der Waals surface area contributed by atoms with Crippen LogP contribution in [-0.4, -0.2) is 36.4 Å². The van der Waals surface area contributed by atoms with Crippen LogP contribution in [-0.2, 0) is 14.9 Å². The highest BCUT2D eigenvalue weighted by Crippen LogP contribution is 2.36. The van der Waals surface area contributed by atoms with Crippen molar-refractivity contribution in [1.82, 2.24) is 5.32 Å². The number of benzene rings is 1. The highest BCUT2D eigenvalue weighted by atomic mass is 19.1. The molecular weight excluding hydrogens is 285 g/mol. The van der Waals surface area contributed by atoms with Crippen LogP contribution in [0.1, 0.15) is 37.7 Å². The van der Waals surface area contributed by atoms with E-state index < -0.39 is 11.0 Å². The monoisotopic (exact) mass is 307 g/mol. The second kappa shape index (κ2) is 5.97. The number of amides is 1. The summed E-state index contributed by atoms with van der Waals surface area (Å²) < 4.78 is 19.0. The van der Waals surface area contributed by atoms with Gasteiger partial charge in [-0.15, -0.1) is 0 Å². The van der Waals surface area contributed by atoms with E-state index in [0.717, 1.165) is 19.3 Å². The molecule has 4 nitrogen and oxygen atoms in total. The number of ether oxygens (including phenoxy) is 1. The number of nitrogens with one attached hydrogen (secondary N) is 1. The Hall–Kier alpha value is -1.46. The summed E-state index contributed by atoms with van der Waals surface area (Å²) >= 11 is 0. The summed E-state index contributed by atoms with van der Waals surface area (Å²) in [4.78, 5) is 12.8. The molecule has 1 heterocycles. The largest absolute Gasteiger partial charge is 0.388 e. The summed E-state index contributed by atoms with van der Waals surface area (Å²) in [6, 6.07) is 6.25. The van der Waals surface area contributed by atoms with Crippen molar-refractivity contribution < 1.29 is 19.0 Å². The second-order valence-electron chi connectivity index (χ2n) is 6.47. The summed E-state index contributed by atoms with van der Waals surface area (Å²) in [6.45, 7) is 1.23. The molecule has 0 radical (unpaired) electrons. The smallest absolute Gasteiger partial charge is 0.230 e. The number of hydrogen-bond acceptors (Lipinski definition) is 3. The first-order valence-electron chi connectivity index (χ1n) is 7.89. The third-order valence-electron chi connectivity index (χ3n) is 5.02. The van der Waals surface area contributed by atoms with Gasteiger partial charge in [0.25, 0.3) is 0 Å². The third-order valence-corrected chi connectivity index (χ3v) is 5.02. The van der Waals surface area contributed by atoms with E-state index in [0.29, 0.717) is 31.6 Å². The lowest BCUT2D eigenvalue weighted by atomic mass is 9.73. The van der Waals surface area contributed by atoms with Crippen LogP contribution in [0.5, 0.6) is 0 Å². The van der Waals surface area contributed by atoms with E-state index >= 15 is 0 Å². The number of hydrogen-bond donors (Lipinski definition) is 2. The molecule has 2 fully saturated rings. The maximum absolute atomic E-state index is 13.6. The molecule has 0 atom stereocenters. The maximum Gasteiger partial charge on any atom is 0.230 e. The van der Waals surface area contributed by atoms with Crippen LogP contribution in [0.25, 0.3) is 0 Å². The molecule has 3 rings (SSSR count). The Morgan fingerprint density at radius 2 is 2.00 bits per heavy atom. The zero-order chi connectivity index (χ0) is 15.6. The Morgan fingerprint density at radius 3 is 2.59 bits per heavy atom. The van der Waals surface area contributed by atoms with Crippen LogP contribution in [0.15, 0.2) is 24.3 Å². The van der Waals surface area contributed by atoms with Gasteiger partial charge >= 0.3 is 0 Å². The fourth-order valence-electron chi connectivity index (χ4n) is 3.33. The van der Waals surface area contributed by atoms with Crippen molar-refractivity contribution in [3.05, 3.63) is 35.6 Å². The predicted octanol–water partition coefficient (Wildman–Crippen LogP) is 1.91. The van der Waals surface area contributed by atoms with Crippen LogP contribution < -0.4 is 5.32 Å². The van der Waals surface area contributed by atoms with E-state index in [9.17, 15) is 14.3 Å². The van der Waals surface area contributed by atoms with Crippen LogP contribution >= 0.6 is 0 Å². The lowest BCUT2D eigenvalue weighted by Gasteiger charge is -2.40. The number of halogens is 1. The van der Waals surface area contributed by atoms with Gasteiger partial charge in [0.05, 0.1) is 11.0 Å². The fourth-order valence-corrected chi connectivity index (χ4v) is 3.33. The molecular formula is C17H22FNO3. The molecule has 2 aliphatic rings. The standard InChI is InChI=1S/C17H22FNO3/c18-14-4-1-3-13(11-14)17(7-9-22-10-8-17)15(20)19-12-16(21)5-2-6-16/h1,3-4,11,21H,2,5-10,12H2,(H,19,20). The van der Waals surface area contributed by atoms with E-state index in [-0.39, 0.29) is 18.3 Å². The van der Waals surface area contributed by atoms with Crippen LogP contribution in [0.3, 0.4) is 0 Å². The Morgan fingerprint density at radius 1 is 1.27 bits per heavy atom. The maximum atomic E-state index is 13.6. The van der Waals surface area contributed by atoms with Gasteiger partial charge in [-0.3, -0.25) is 4.79 Å². The Kier molecular flexibility index (Phi) is 4.19. The molecule has 2 N–H and O–H groups in total. The van der Waals surface area contributed by atoms with E-state index in [2.05, 4.69) is 5.32 Å². The van der Waals surface area contributed by atoms with Crippen LogP contribution in [0, 0.1) is 5.82 Å². The van der Waals surface area contributed by atoms with Gasteiger partial charge in [0, 0.05) is 19.8 Å². The molecule has 0 unspecified atom stereocenters. The summed E-state index contributed by atoms with van der Waals surface area (Å²) in [5, 5.41) is 13.0. The van der Waals surface area contributed by atoms with Gasteiger partial charge in [-0.2, -0.15) is 0 Å².